The first-order chi connectivity index (χ1) is 13.7. The van der Waals surface area contributed by atoms with Gasteiger partial charge >= 0.3 is 0 Å². The van der Waals surface area contributed by atoms with Crippen LogP contribution < -0.4 is 10.6 Å². The summed E-state index contributed by atoms with van der Waals surface area (Å²) in [6, 6.07) is 7.82. The maximum Gasteiger partial charge on any atom is 0.225 e. The number of nitrogens with zero attached hydrogens (tertiary/aromatic N) is 5. The number of nitrogen functional groups attached to an aromatic ring is 1. The fraction of sp³-hybridized carbons (Fsp3) is 0.400. The Hall–Kier alpha value is -3.16. The predicted molar refractivity (Wildman–Crippen MR) is 112 cm³/mol. The number of fused-ring (bicyclic) bond motifs is 1. The zero-order chi connectivity index (χ0) is 19.1. The summed E-state index contributed by atoms with van der Waals surface area (Å²) in [5, 5.41) is 0. The van der Waals surface area contributed by atoms with E-state index in [1.54, 1.807) is 6.20 Å². The van der Waals surface area contributed by atoms with Gasteiger partial charge < -0.3 is 20.5 Å². The zero-order valence-corrected chi connectivity index (χ0v) is 15.6. The van der Waals surface area contributed by atoms with Crippen molar-refractivity contribution in [2.24, 2.45) is 5.92 Å². The smallest absolute Gasteiger partial charge is 0.225 e. The molecule has 0 radical (unpaired) electrons. The normalized spacial score (nSPS) is 17.7. The molecular formula is C20H27N7O. The molecule has 2 aromatic heterocycles. The number of benzene rings is 1. The molecule has 8 nitrogen and oxygen atoms in total. The summed E-state index contributed by atoms with van der Waals surface area (Å²) in [6.07, 6.45) is 4.97. The molecule has 28 heavy (non-hydrogen) atoms. The molecule has 2 fully saturated rings. The van der Waals surface area contributed by atoms with Gasteiger partial charge in [-0.2, -0.15) is 0 Å². The van der Waals surface area contributed by atoms with Crippen molar-refractivity contribution in [3.05, 3.63) is 30.5 Å². The molecule has 3 heterocycles. The van der Waals surface area contributed by atoms with Crippen LogP contribution in [0.2, 0.25) is 0 Å². The number of carbonyl (C=O) groups is 1. The lowest BCUT2D eigenvalue weighted by molar-refractivity contribution is -0.138. The Bertz CT molecular complexity index is 996. The van der Waals surface area contributed by atoms with Crippen molar-refractivity contribution < 1.29 is 7.65 Å². The molecule has 0 atom stereocenters. The monoisotopic (exact) mass is 381 g/mol. The van der Waals surface area contributed by atoms with Gasteiger partial charge in [0.05, 0.1) is 17.2 Å². The van der Waals surface area contributed by atoms with Crippen molar-refractivity contribution in [1.29, 1.82) is 0 Å². The van der Waals surface area contributed by atoms with Crippen molar-refractivity contribution in [3.8, 4) is 11.5 Å². The van der Waals surface area contributed by atoms with E-state index in [9.17, 15) is 4.79 Å². The molecular weight excluding hydrogens is 354 g/mol. The molecule has 1 aliphatic heterocycles. The van der Waals surface area contributed by atoms with E-state index in [4.69, 9.17) is 10.7 Å². The number of aromatic nitrogens is 4. The van der Waals surface area contributed by atoms with Crippen LogP contribution in [0.3, 0.4) is 0 Å². The van der Waals surface area contributed by atoms with Crippen LogP contribution in [-0.2, 0) is 4.79 Å². The van der Waals surface area contributed by atoms with Crippen LogP contribution >= 0.6 is 0 Å². The number of hydrogen-bond donors (Lipinski definition) is 2. The van der Waals surface area contributed by atoms with Crippen LogP contribution in [0.25, 0.3) is 22.6 Å². The molecule has 0 unspecified atom stereocenters. The number of amides is 1. The Morgan fingerprint density at radius 3 is 2.64 bits per heavy atom. The Balaban J connectivity index is 0.00000128. The number of para-hydroxylation sites is 2. The third kappa shape index (κ3) is 2.94. The van der Waals surface area contributed by atoms with Gasteiger partial charge in [-0.3, -0.25) is 4.79 Å². The van der Waals surface area contributed by atoms with E-state index in [1.165, 1.54) is 6.42 Å². The Kier molecular flexibility index (Phi) is 4.11. The Labute approximate surface area is 165 Å². The van der Waals surface area contributed by atoms with E-state index >= 15 is 0 Å². The summed E-state index contributed by atoms with van der Waals surface area (Å²) >= 11 is 0. The standard InChI is InChI=1S/C20H23N7O.2H2/c21-18-17(19-23-14-6-1-2-7-15(14)24-19)25-16(12-22-18)26-8-10-27(11-9-26)20(28)13-4-3-5-13;;/h1-2,6-7,12-13H,3-5,8-11H2,(H2,21,22)(H,23,24);2*1H. The first-order valence-electron chi connectivity index (χ1n) is 9.80. The Morgan fingerprint density at radius 1 is 1.14 bits per heavy atom. The second kappa shape index (κ2) is 6.78. The molecule has 0 bridgehead atoms. The average Bonchev–Trinajstić information content (AvgIpc) is 3.11. The lowest BCUT2D eigenvalue weighted by atomic mass is 9.84. The third-order valence-corrected chi connectivity index (χ3v) is 5.77. The van der Waals surface area contributed by atoms with E-state index in [-0.39, 0.29) is 8.77 Å². The first kappa shape index (κ1) is 17.0. The van der Waals surface area contributed by atoms with E-state index in [0.717, 1.165) is 55.9 Å². The summed E-state index contributed by atoms with van der Waals surface area (Å²) in [5.41, 5.74) is 8.45. The number of piperazine rings is 1. The summed E-state index contributed by atoms with van der Waals surface area (Å²) < 4.78 is 0. The number of nitrogens with one attached hydrogen (secondary N) is 1. The van der Waals surface area contributed by atoms with Gasteiger partial charge in [0.1, 0.15) is 5.82 Å². The molecule has 1 amide bonds. The van der Waals surface area contributed by atoms with Gasteiger partial charge in [0, 0.05) is 35.0 Å². The van der Waals surface area contributed by atoms with E-state index in [2.05, 4.69) is 19.9 Å². The van der Waals surface area contributed by atoms with Gasteiger partial charge in [0.15, 0.2) is 17.3 Å². The highest BCUT2D eigenvalue weighted by Gasteiger charge is 2.31. The lowest BCUT2D eigenvalue weighted by Gasteiger charge is -2.38. The minimum atomic E-state index is 0. The van der Waals surface area contributed by atoms with Crippen molar-refractivity contribution >= 4 is 28.6 Å². The molecule has 8 heteroatoms. The van der Waals surface area contributed by atoms with Gasteiger partial charge in [-0.05, 0) is 25.0 Å². The van der Waals surface area contributed by atoms with Crippen LogP contribution in [0.15, 0.2) is 30.5 Å². The molecule has 2 aliphatic rings. The third-order valence-electron chi connectivity index (χ3n) is 5.77. The molecule has 1 aromatic carbocycles. The van der Waals surface area contributed by atoms with Crippen molar-refractivity contribution in [1.82, 2.24) is 24.8 Å². The number of H-pyrrole nitrogens is 1. The van der Waals surface area contributed by atoms with Crippen molar-refractivity contribution in [2.75, 3.05) is 36.8 Å². The van der Waals surface area contributed by atoms with E-state index < -0.39 is 0 Å². The zero-order valence-electron chi connectivity index (χ0n) is 15.6. The molecule has 1 saturated heterocycles. The first-order valence-corrected chi connectivity index (χ1v) is 9.80. The van der Waals surface area contributed by atoms with Crippen LogP contribution in [0.4, 0.5) is 11.6 Å². The summed E-state index contributed by atoms with van der Waals surface area (Å²) in [7, 11) is 0. The van der Waals surface area contributed by atoms with Crippen molar-refractivity contribution in [2.45, 2.75) is 19.3 Å². The van der Waals surface area contributed by atoms with Crippen molar-refractivity contribution in [3.63, 3.8) is 0 Å². The molecule has 5 rings (SSSR count). The highest BCUT2D eigenvalue weighted by Crippen LogP contribution is 2.29. The number of imidazole rings is 1. The Morgan fingerprint density at radius 2 is 1.93 bits per heavy atom. The predicted octanol–water partition coefficient (Wildman–Crippen LogP) is 2.54. The van der Waals surface area contributed by atoms with Gasteiger partial charge in [-0.25, -0.2) is 15.0 Å². The summed E-state index contributed by atoms with van der Waals surface area (Å²) in [4.78, 5) is 33.5. The number of hydrogen-bond acceptors (Lipinski definition) is 6. The maximum absolute atomic E-state index is 12.4. The largest absolute Gasteiger partial charge is 0.382 e. The number of aromatic amines is 1. The quantitative estimate of drug-likeness (QED) is 0.722. The molecule has 3 aromatic rings. The second-order valence-corrected chi connectivity index (χ2v) is 7.50. The fourth-order valence-corrected chi connectivity index (χ4v) is 3.85. The van der Waals surface area contributed by atoms with Crippen LogP contribution in [0.5, 0.6) is 0 Å². The van der Waals surface area contributed by atoms with E-state index in [0.29, 0.717) is 23.2 Å². The molecule has 1 saturated carbocycles. The lowest BCUT2D eigenvalue weighted by Crippen LogP contribution is -2.51. The minimum Gasteiger partial charge on any atom is -0.382 e. The van der Waals surface area contributed by atoms with Gasteiger partial charge in [-0.1, -0.05) is 18.6 Å². The number of nitrogens with two attached hydrogens (primary N) is 1. The molecule has 0 spiro atoms. The summed E-state index contributed by atoms with van der Waals surface area (Å²) in [6.45, 7) is 2.94. The maximum atomic E-state index is 12.4. The fourth-order valence-electron chi connectivity index (χ4n) is 3.85. The molecule has 1 aliphatic carbocycles. The number of rotatable bonds is 3. The van der Waals surface area contributed by atoms with Crippen LogP contribution in [0, 0.1) is 5.92 Å². The molecule has 3 N–H and O–H groups in total. The molecule has 148 valence electrons. The summed E-state index contributed by atoms with van der Waals surface area (Å²) in [5.74, 6) is 2.30. The van der Waals surface area contributed by atoms with Gasteiger partial charge in [-0.15, -0.1) is 0 Å². The highest BCUT2D eigenvalue weighted by molar-refractivity contribution is 5.81. The van der Waals surface area contributed by atoms with Crippen LogP contribution in [-0.4, -0.2) is 56.9 Å². The highest BCUT2D eigenvalue weighted by atomic mass is 16.2. The topological polar surface area (TPSA) is 104 Å². The average molecular weight is 381 g/mol. The number of anilines is 2. The minimum absolute atomic E-state index is 0. The van der Waals surface area contributed by atoms with E-state index in [1.807, 2.05) is 29.2 Å². The second-order valence-electron chi connectivity index (χ2n) is 7.50. The van der Waals surface area contributed by atoms with Crippen LogP contribution in [0.1, 0.15) is 22.1 Å². The van der Waals surface area contributed by atoms with Gasteiger partial charge in [0.25, 0.3) is 0 Å². The van der Waals surface area contributed by atoms with Gasteiger partial charge in [0.2, 0.25) is 5.91 Å². The SMILES string of the molecule is Nc1ncc(N2CCN(C(=O)C3CCC3)CC2)nc1-c1nc2ccccc2[nH]1.[HH].[HH]. The number of carbonyl (C=O) groups excluding carboxylic acids is 1.